The molecule has 0 rings (SSSR count). The quantitative estimate of drug-likeness (QED) is 0.492. The maximum atomic E-state index is 10.6. The molecule has 0 fully saturated rings. The highest BCUT2D eigenvalue weighted by Crippen LogP contribution is 1.68. The predicted octanol–water partition coefficient (Wildman–Crippen LogP) is -1.77. The van der Waals surface area contributed by atoms with Crippen LogP contribution in [0.3, 0.4) is 0 Å². The first kappa shape index (κ1) is 10.9. The zero-order valence-corrected chi connectivity index (χ0v) is 7.87. The molecule has 1 atom stereocenters. The van der Waals surface area contributed by atoms with Crippen molar-refractivity contribution in [2.75, 3.05) is 25.9 Å². The van der Waals surface area contributed by atoms with Crippen LogP contribution >= 0.6 is 0 Å². The van der Waals surface area contributed by atoms with Gasteiger partial charge in [0, 0.05) is 0 Å². The second kappa shape index (κ2) is 4.69. The summed E-state index contributed by atoms with van der Waals surface area (Å²) in [6, 6.07) is 0. The monoisotopic (exact) mass is 180 g/mol. The van der Waals surface area contributed by atoms with Gasteiger partial charge in [-0.3, -0.25) is 0 Å². The van der Waals surface area contributed by atoms with Crippen molar-refractivity contribution < 1.29 is 13.3 Å². The van der Waals surface area contributed by atoms with Crippen LogP contribution in [0.5, 0.6) is 0 Å². The molecule has 11 heavy (non-hydrogen) atoms. The maximum Gasteiger partial charge on any atom is 0.208 e. The summed E-state index contributed by atoms with van der Waals surface area (Å²) in [5.74, 6) is 0. The van der Waals surface area contributed by atoms with Crippen LogP contribution in [0.1, 0.15) is 6.92 Å². The average Bonchev–Trinajstić information content (AvgIpc) is 1.85. The van der Waals surface area contributed by atoms with Crippen molar-refractivity contribution in [2.45, 2.75) is 6.92 Å². The average molecular weight is 180 g/mol. The molecule has 5 heteroatoms. The summed E-state index contributed by atoms with van der Waals surface area (Å²) >= 11 is 0. The Morgan fingerprint density at radius 2 is 2.09 bits per heavy atom. The van der Waals surface area contributed by atoms with Gasteiger partial charge in [-0.25, -0.2) is 13.1 Å². The van der Waals surface area contributed by atoms with Crippen LogP contribution in [-0.4, -0.2) is 34.3 Å². The third-order valence-electron chi connectivity index (χ3n) is 1.34. The van der Waals surface area contributed by atoms with E-state index in [0.29, 0.717) is 6.54 Å². The molecule has 0 aromatic heterocycles. The van der Waals surface area contributed by atoms with E-state index in [0.717, 1.165) is 24.2 Å². The molecule has 4 nitrogen and oxygen atoms in total. The molecule has 0 amide bonds. The highest BCUT2D eigenvalue weighted by molar-refractivity contribution is 7.88. The summed E-state index contributed by atoms with van der Waals surface area (Å²) in [6.45, 7) is 4.10. The minimum absolute atomic E-state index is 0.464. The number of rotatable bonds is 5. The van der Waals surface area contributed by atoms with Gasteiger partial charge in [-0.2, -0.15) is 7.05 Å². The Labute approximate surface area is 68.6 Å². The van der Waals surface area contributed by atoms with E-state index in [1.54, 1.807) is 0 Å². The van der Waals surface area contributed by atoms with Crippen LogP contribution in [-0.2, 0) is 10.0 Å². The SMILES string of the molecule is [CH2-][NH+](CC)CCNS(C)(=O)=O. The van der Waals surface area contributed by atoms with E-state index in [9.17, 15) is 8.42 Å². The predicted molar refractivity (Wildman–Crippen MR) is 44.6 cm³/mol. The van der Waals surface area contributed by atoms with Crippen molar-refractivity contribution in [1.29, 1.82) is 0 Å². The number of hydrogen-bond donors (Lipinski definition) is 2. The lowest BCUT2D eigenvalue weighted by atomic mass is 10.5. The fraction of sp³-hybridized carbons (Fsp3) is 0.833. The Kier molecular flexibility index (Phi) is 4.63. The van der Waals surface area contributed by atoms with E-state index in [1.807, 2.05) is 6.92 Å². The van der Waals surface area contributed by atoms with E-state index < -0.39 is 10.0 Å². The number of likely N-dealkylation sites (N-methyl/N-ethyl adjacent to an activating group) is 1. The summed E-state index contributed by atoms with van der Waals surface area (Å²) in [6.07, 6.45) is 1.15. The Balaban J connectivity index is 3.43. The van der Waals surface area contributed by atoms with E-state index in [4.69, 9.17) is 0 Å². The van der Waals surface area contributed by atoms with Gasteiger partial charge in [-0.05, 0) is 6.92 Å². The molecule has 0 spiro atoms. The Morgan fingerprint density at radius 3 is 2.45 bits per heavy atom. The summed E-state index contributed by atoms with van der Waals surface area (Å²) in [5.41, 5.74) is 0. The lowest BCUT2D eigenvalue weighted by Gasteiger charge is -2.17. The Morgan fingerprint density at radius 1 is 1.55 bits per heavy atom. The normalized spacial score (nSPS) is 14.8. The van der Waals surface area contributed by atoms with Crippen LogP contribution in [0.15, 0.2) is 0 Å². The minimum Gasteiger partial charge on any atom is -0.467 e. The minimum atomic E-state index is -3.02. The van der Waals surface area contributed by atoms with Gasteiger partial charge in [0.2, 0.25) is 10.0 Å². The summed E-state index contributed by atoms with van der Waals surface area (Å²) in [7, 11) is 0.739. The molecule has 68 valence electrons. The van der Waals surface area contributed by atoms with Crippen molar-refractivity contribution in [3.63, 3.8) is 0 Å². The van der Waals surface area contributed by atoms with E-state index >= 15 is 0 Å². The molecule has 0 radical (unpaired) electrons. The van der Waals surface area contributed by atoms with Gasteiger partial charge >= 0.3 is 0 Å². The zero-order chi connectivity index (χ0) is 8.91. The molecule has 2 N–H and O–H groups in total. The molecule has 1 unspecified atom stereocenters. The third kappa shape index (κ3) is 7.77. The molecule has 0 aliphatic carbocycles. The highest BCUT2D eigenvalue weighted by Gasteiger charge is 1.99. The number of sulfonamides is 1. The van der Waals surface area contributed by atoms with Crippen LogP contribution < -0.4 is 9.62 Å². The lowest BCUT2D eigenvalue weighted by Crippen LogP contribution is -3.07. The molecule has 0 aromatic rings. The lowest BCUT2D eigenvalue weighted by molar-refractivity contribution is -0.850. The fourth-order valence-corrected chi connectivity index (χ4v) is 1.06. The maximum absolute atomic E-state index is 10.6. The first-order chi connectivity index (χ1) is 4.95. The summed E-state index contributed by atoms with van der Waals surface area (Å²) in [5, 5.41) is 0. The van der Waals surface area contributed by atoms with Crippen molar-refractivity contribution in [3.8, 4) is 0 Å². The molecule has 0 bridgehead atoms. The zero-order valence-electron chi connectivity index (χ0n) is 7.05. The van der Waals surface area contributed by atoms with Crippen molar-refractivity contribution in [2.24, 2.45) is 0 Å². The van der Waals surface area contributed by atoms with Gasteiger partial charge in [0.05, 0.1) is 25.9 Å². The van der Waals surface area contributed by atoms with E-state index in [2.05, 4.69) is 11.8 Å². The van der Waals surface area contributed by atoms with Crippen molar-refractivity contribution in [3.05, 3.63) is 7.05 Å². The van der Waals surface area contributed by atoms with Crippen LogP contribution in [0.4, 0.5) is 0 Å². The van der Waals surface area contributed by atoms with Gasteiger partial charge in [0.25, 0.3) is 0 Å². The molecule has 0 heterocycles. The Hall–Kier alpha value is -0.130. The number of nitrogens with one attached hydrogen (secondary N) is 2. The van der Waals surface area contributed by atoms with E-state index in [1.165, 1.54) is 0 Å². The second-order valence-corrected chi connectivity index (χ2v) is 4.35. The first-order valence-corrected chi connectivity index (χ1v) is 5.46. The number of quaternary nitrogens is 1. The third-order valence-corrected chi connectivity index (χ3v) is 2.07. The number of hydrogen-bond acceptors (Lipinski definition) is 2. The van der Waals surface area contributed by atoms with Gasteiger partial charge in [0.15, 0.2) is 0 Å². The molecule has 0 saturated heterocycles. The Bertz CT molecular complexity index is 189. The molecule has 0 saturated carbocycles. The second-order valence-electron chi connectivity index (χ2n) is 2.52. The molecule has 0 aliphatic rings. The summed E-state index contributed by atoms with van der Waals surface area (Å²) in [4.78, 5) is 1.07. The highest BCUT2D eigenvalue weighted by atomic mass is 32.2. The first-order valence-electron chi connectivity index (χ1n) is 3.57. The largest absolute Gasteiger partial charge is 0.467 e. The smallest absolute Gasteiger partial charge is 0.208 e. The van der Waals surface area contributed by atoms with Crippen LogP contribution in [0, 0.1) is 7.05 Å². The van der Waals surface area contributed by atoms with Crippen molar-refractivity contribution >= 4 is 10.0 Å². The molecular formula is C6H16N2O2S. The van der Waals surface area contributed by atoms with Gasteiger partial charge in [0.1, 0.15) is 0 Å². The fourth-order valence-electron chi connectivity index (χ4n) is 0.590. The standard InChI is InChI=1S/C6H16N2O2S/c1-4-8(2)6-5-7-11(3,9)10/h7-8H,2,4-6H2,1,3H3. The molecular weight excluding hydrogens is 164 g/mol. The summed E-state index contributed by atoms with van der Waals surface area (Å²) < 4.78 is 23.5. The van der Waals surface area contributed by atoms with Crippen LogP contribution in [0.25, 0.3) is 0 Å². The van der Waals surface area contributed by atoms with Gasteiger partial charge in [-0.1, -0.05) is 0 Å². The van der Waals surface area contributed by atoms with Crippen LogP contribution in [0.2, 0.25) is 0 Å². The molecule has 0 aromatic carbocycles. The van der Waals surface area contributed by atoms with E-state index in [-0.39, 0.29) is 0 Å². The molecule has 0 aliphatic heterocycles. The van der Waals surface area contributed by atoms with Gasteiger partial charge in [-0.15, -0.1) is 0 Å². The van der Waals surface area contributed by atoms with Gasteiger partial charge < -0.3 is 4.90 Å². The topological polar surface area (TPSA) is 50.6 Å². The van der Waals surface area contributed by atoms with Crippen molar-refractivity contribution in [1.82, 2.24) is 4.72 Å².